The molecule has 128 valence electrons. The third kappa shape index (κ3) is 5.33. The first kappa shape index (κ1) is 18.0. The third-order valence-corrected chi connectivity index (χ3v) is 4.86. The van der Waals surface area contributed by atoms with E-state index < -0.39 is 0 Å². The van der Waals surface area contributed by atoms with E-state index >= 15 is 0 Å². The topological polar surface area (TPSA) is 35.6 Å². The van der Waals surface area contributed by atoms with Crippen molar-refractivity contribution in [2.75, 3.05) is 39.8 Å². The van der Waals surface area contributed by atoms with Crippen LogP contribution in [0.4, 0.5) is 0 Å². The van der Waals surface area contributed by atoms with Crippen LogP contribution in [-0.2, 0) is 4.79 Å². The molecule has 0 bridgehead atoms. The highest BCUT2D eigenvalue weighted by molar-refractivity contribution is 5.78. The van der Waals surface area contributed by atoms with Gasteiger partial charge in [0.05, 0.1) is 0 Å². The van der Waals surface area contributed by atoms with Crippen LogP contribution < -0.4 is 5.32 Å². The quantitative estimate of drug-likeness (QED) is 0.785. The average Bonchev–Trinajstić information content (AvgIpc) is 2.59. The zero-order valence-electron chi connectivity index (χ0n) is 14.8. The van der Waals surface area contributed by atoms with Gasteiger partial charge in [-0.15, -0.1) is 0 Å². The summed E-state index contributed by atoms with van der Waals surface area (Å²) >= 11 is 0. The molecule has 0 saturated carbocycles. The number of benzene rings is 1. The first-order chi connectivity index (χ1) is 11.1. The van der Waals surface area contributed by atoms with Gasteiger partial charge in [0.15, 0.2) is 0 Å². The minimum absolute atomic E-state index is 0.121. The van der Waals surface area contributed by atoms with E-state index in [1.165, 1.54) is 5.56 Å². The monoisotopic (exact) mass is 317 g/mol. The van der Waals surface area contributed by atoms with Gasteiger partial charge in [0.1, 0.15) is 0 Å². The Balaban J connectivity index is 1.84. The molecule has 1 heterocycles. The van der Waals surface area contributed by atoms with Crippen LogP contribution in [0.2, 0.25) is 0 Å². The van der Waals surface area contributed by atoms with Crippen LogP contribution in [0, 0.1) is 5.92 Å². The lowest BCUT2D eigenvalue weighted by molar-refractivity contribution is -0.124. The van der Waals surface area contributed by atoms with Crippen molar-refractivity contribution in [1.29, 1.82) is 0 Å². The fraction of sp³-hybridized carbons (Fsp3) is 0.632. The standard InChI is InChI=1S/C19H31N3O/c1-4-16(2)19(23)20-11-8-12-22-14-13-21(3)15-18(22)17-9-6-5-7-10-17/h5-7,9-10,16,18H,4,8,11-15H2,1-3H3,(H,20,23)/t16-,18+/m1/s1. The fourth-order valence-corrected chi connectivity index (χ4v) is 3.07. The summed E-state index contributed by atoms with van der Waals surface area (Å²) in [7, 11) is 2.19. The molecule has 0 spiro atoms. The summed E-state index contributed by atoms with van der Waals surface area (Å²) in [6, 6.07) is 11.2. The minimum Gasteiger partial charge on any atom is -0.356 e. The van der Waals surface area contributed by atoms with Crippen LogP contribution in [0.3, 0.4) is 0 Å². The van der Waals surface area contributed by atoms with E-state index in [0.29, 0.717) is 6.04 Å². The molecule has 1 amide bonds. The number of likely N-dealkylation sites (N-methyl/N-ethyl adjacent to an activating group) is 1. The second-order valence-corrected chi connectivity index (χ2v) is 6.68. The van der Waals surface area contributed by atoms with Gasteiger partial charge in [-0.2, -0.15) is 0 Å². The van der Waals surface area contributed by atoms with Crippen molar-refractivity contribution in [2.45, 2.75) is 32.7 Å². The number of carbonyl (C=O) groups excluding carboxylic acids is 1. The number of piperazine rings is 1. The number of carbonyl (C=O) groups is 1. The van der Waals surface area contributed by atoms with E-state index in [-0.39, 0.29) is 11.8 Å². The van der Waals surface area contributed by atoms with E-state index in [1.54, 1.807) is 0 Å². The molecule has 0 unspecified atom stereocenters. The Hall–Kier alpha value is -1.39. The van der Waals surface area contributed by atoms with Crippen molar-refractivity contribution in [2.24, 2.45) is 5.92 Å². The van der Waals surface area contributed by atoms with Gasteiger partial charge >= 0.3 is 0 Å². The molecule has 2 rings (SSSR count). The van der Waals surface area contributed by atoms with Gasteiger partial charge in [0.2, 0.25) is 5.91 Å². The predicted octanol–water partition coefficient (Wildman–Crippen LogP) is 2.53. The van der Waals surface area contributed by atoms with Gasteiger partial charge < -0.3 is 10.2 Å². The van der Waals surface area contributed by atoms with Crippen molar-refractivity contribution in [3.05, 3.63) is 35.9 Å². The number of hydrogen-bond donors (Lipinski definition) is 1. The van der Waals surface area contributed by atoms with E-state index in [9.17, 15) is 4.79 Å². The molecule has 0 aromatic heterocycles. The zero-order valence-corrected chi connectivity index (χ0v) is 14.8. The SMILES string of the molecule is CC[C@@H](C)C(=O)NCCCN1CCN(C)C[C@H]1c1ccccc1. The molecule has 1 aromatic rings. The van der Waals surface area contributed by atoms with Crippen LogP contribution in [0.15, 0.2) is 30.3 Å². The first-order valence-electron chi connectivity index (χ1n) is 8.87. The number of amides is 1. The Labute approximate surface area is 140 Å². The molecular weight excluding hydrogens is 286 g/mol. The molecule has 2 atom stereocenters. The molecule has 0 radical (unpaired) electrons. The lowest BCUT2D eigenvalue weighted by atomic mass is 10.0. The maximum Gasteiger partial charge on any atom is 0.222 e. The van der Waals surface area contributed by atoms with Gasteiger partial charge in [-0.1, -0.05) is 44.2 Å². The molecule has 1 saturated heterocycles. The number of hydrogen-bond acceptors (Lipinski definition) is 3. The Morgan fingerprint density at radius 2 is 2.04 bits per heavy atom. The van der Waals surface area contributed by atoms with Crippen LogP contribution >= 0.6 is 0 Å². The van der Waals surface area contributed by atoms with E-state index in [0.717, 1.165) is 45.6 Å². The number of rotatable bonds is 7. The van der Waals surface area contributed by atoms with E-state index in [4.69, 9.17) is 0 Å². The first-order valence-corrected chi connectivity index (χ1v) is 8.87. The van der Waals surface area contributed by atoms with Crippen molar-refractivity contribution in [3.63, 3.8) is 0 Å². The summed E-state index contributed by atoms with van der Waals surface area (Å²) in [5, 5.41) is 3.06. The highest BCUT2D eigenvalue weighted by Gasteiger charge is 2.25. The van der Waals surface area contributed by atoms with E-state index in [1.807, 2.05) is 6.92 Å². The molecule has 1 N–H and O–H groups in total. The van der Waals surface area contributed by atoms with Crippen LogP contribution in [0.5, 0.6) is 0 Å². The van der Waals surface area contributed by atoms with Crippen LogP contribution in [0.1, 0.15) is 38.3 Å². The normalized spacial score (nSPS) is 21.1. The second-order valence-electron chi connectivity index (χ2n) is 6.68. The lowest BCUT2D eigenvalue weighted by Gasteiger charge is -2.40. The molecular formula is C19H31N3O. The van der Waals surface area contributed by atoms with Gasteiger partial charge in [-0.05, 0) is 25.5 Å². The van der Waals surface area contributed by atoms with Crippen molar-refractivity contribution < 1.29 is 4.79 Å². The Kier molecular flexibility index (Phi) is 7.06. The number of nitrogens with one attached hydrogen (secondary N) is 1. The molecule has 4 nitrogen and oxygen atoms in total. The van der Waals surface area contributed by atoms with Gasteiger partial charge in [-0.3, -0.25) is 9.69 Å². The lowest BCUT2D eigenvalue weighted by Crippen LogP contribution is -2.47. The summed E-state index contributed by atoms with van der Waals surface area (Å²) < 4.78 is 0. The molecule has 4 heteroatoms. The molecule has 1 aliphatic heterocycles. The molecule has 0 aliphatic carbocycles. The Morgan fingerprint density at radius 3 is 2.74 bits per heavy atom. The largest absolute Gasteiger partial charge is 0.356 e. The summed E-state index contributed by atoms with van der Waals surface area (Å²) in [6.07, 6.45) is 1.91. The molecule has 1 aliphatic rings. The molecule has 23 heavy (non-hydrogen) atoms. The van der Waals surface area contributed by atoms with E-state index in [2.05, 4.69) is 59.4 Å². The van der Waals surface area contributed by atoms with Crippen molar-refractivity contribution in [1.82, 2.24) is 15.1 Å². The Bertz CT molecular complexity index is 477. The third-order valence-electron chi connectivity index (χ3n) is 4.86. The molecule has 1 fully saturated rings. The van der Waals surface area contributed by atoms with Crippen LogP contribution in [-0.4, -0.2) is 55.5 Å². The smallest absolute Gasteiger partial charge is 0.222 e. The van der Waals surface area contributed by atoms with Crippen molar-refractivity contribution >= 4 is 5.91 Å². The highest BCUT2D eigenvalue weighted by Crippen LogP contribution is 2.24. The second kappa shape index (κ2) is 9.04. The van der Waals surface area contributed by atoms with Gasteiger partial charge in [-0.25, -0.2) is 0 Å². The minimum atomic E-state index is 0.121. The van der Waals surface area contributed by atoms with Crippen LogP contribution in [0.25, 0.3) is 0 Å². The summed E-state index contributed by atoms with van der Waals surface area (Å²) in [5.74, 6) is 0.307. The van der Waals surface area contributed by atoms with Gasteiger partial charge in [0.25, 0.3) is 0 Å². The summed E-state index contributed by atoms with van der Waals surface area (Å²) in [5.41, 5.74) is 1.39. The Morgan fingerprint density at radius 1 is 1.30 bits per heavy atom. The number of nitrogens with zero attached hydrogens (tertiary/aromatic N) is 2. The van der Waals surface area contributed by atoms with Crippen molar-refractivity contribution in [3.8, 4) is 0 Å². The molecule has 1 aromatic carbocycles. The predicted molar refractivity (Wildman–Crippen MR) is 95.3 cm³/mol. The maximum absolute atomic E-state index is 11.8. The highest BCUT2D eigenvalue weighted by atomic mass is 16.1. The fourth-order valence-electron chi connectivity index (χ4n) is 3.07. The zero-order chi connectivity index (χ0) is 16.7. The summed E-state index contributed by atoms with van der Waals surface area (Å²) in [6.45, 7) is 9.13. The average molecular weight is 317 g/mol. The van der Waals surface area contributed by atoms with Gasteiger partial charge in [0, 0.05) is 44.7 Å². The summed E-state index contributed by atoms with van der Waals surface area (Å²) in [4.78, 5) is 16.8. The maximum atomic E-state index is 11.8.